The molecule has 0 aromatic heterocycles. The number of nitrogens with one attached hydrogen (secondary N) is 2. The summed E-state index contributed by atoms with van der Waals surface area (Å²) in [5.74, 6) is -0.555. The third kappa shape index (κ3) is 6.01. The number of piperidine rings is 1. The van der Waals surface area contributed by atoms with E-state index in [9.17, 15) is 18.0 Å². The monoisotopic (exact) mass is 501 g/mol. The minimum absolute atomic E-state index is 0.0153. The van der Waals surface area contributed by atoms with Crippen LogP contribution < -0.4 is 15.4 Å². The lowest BCUT2D eigenvalue weighted by Gasteiger charge is -2.31. The predicted octanol–water partition coefficient (Wildman–Crippen LogP) is 2.64. The molecule has 2 atom stereocenters. The van der Waals surface area contributed by atoms with Crippen molar-refractivity contribution in [1.29, 1.82) is 0 Å². The van der Waals surface area contributed by atoms with Gasteiger partial charge in [0, 0.05) is 26.2 Å². The van der Waals surface area contributed by atoms with Gasteiger partial charge in [-0.15, -0.1) is 0 Å². The van der Waals surface area contributed by atoms with Crippen LogP contribution in [0.4, 0.5) is 5.69 Å². The van der Waals surface area contributed by atoms with Crippen molar-refractivity contribution < 1.29 is 27.5 Å². The van der Waals surface area contributed by atoms with E-state index >= 15 is 0 Å². The standard InChI is InChI=1S/C25H31N3O6S/c1-33-19-10-12-21(13-11-19)35(31,32)28-14-4-6-18(17-28)24(29)27-23-9-3-2-8-22(23)25(30)26-16-20-7-5-15-34-20/h2-3,8-13,18,20H,4-7,14-17H2,1H3,(H,26,30)(H,27,29)/t18-,20-/m1/s1. The summed E-state index contributed by atoms with van der Waals surface area (Å²) in [6.45, 7) is 1.55. The Kier molecular flexibility index (Phi) is 8.04. The van der Waals surface area contributed by atoms with Crippen LogP contribution in [0.2, 0.25) is 0 Å². The summed E-state index contributed by atoms with van der Waals surface area (Å²) in [7, 11) is -2.22. The molecule has 0 saturated carbocycles. The average molecular weight is 502 g/mol. The molecule has 10 heteroatoms. The molecule has 2 fully saturated rings. The fraction of sp³-hybridized carbons (Fsp3) is 0.440. The van der Waals surface area contributed by atoms with Gasteiger partial charge in [-0.3, -0.25) is 9.59 Å². The lowest BCUT2D eigenvalue weighted by Crippen LogP contribution is -2.43. The second-order valence-electron chi connectivity index (χ2n) is 8.76. The number of nitrogens with zero attached hydrogens (tertiary/aromatic N) is 1. The number of sulfonamides is 1. The number of hydrogen-bond donors (Lipinski definition) is 2. The number of carbonyl (C=O) groups is 2. The van der Waals surface area contributed by atoms with Crippen molar-refractivity contribution >= 4 is 27.5 Å². The van der Waals surface area contributed by atoms with Crippen LogP contribution in [0.25, 0.3) is 0 Å². The van der Waals surface area contributed by atoms with Gasteiger partial charge in [-0.1, -0.05) is 12.1 Å². The first-order valence-corrected chi connectivity index (χ1v) is 13.3. The molecule has 2 N–H and O–H groups in total. The molecule has 188 valence electrons. The highest BCUT2D eigenvalue weighted by atomic mass is 32.2. The Labute approximate surface area is 205 Å². The number of benzene rings is 2. The first kappa shape index (κ1) is 25.2. The molecule has 2 saturated heterocycles. The Morgan fingerprint density at radius 2 is 1.86 bits per heavy atom. The van der Waals surface area contributed by atoms with Crippen LogP contribution in [0.5, 0.6) is 5.75 Å². The Hall–Kier alpha value is -2.95. The first-order valence-electron chi connectivity index (χ1n) is 11.8. The zero-order chi connectivity index (χ0) is 24.8. The molecule has 0 spiro atoms. The molecular weight excluding hydrogens is 470 g/mol. The molecular formula is C25H31N3O6S. The molecule has 2 heterocycles. The van der Waals surface area contributed by atoms with Gasteiger partial charge in [0.05, 0.1) is 35.3 Å². The van der Waals surface area contributed by atoms with Gasteiger partial charge in [0.25, 0.3) is 5.91 Å². The van der Waals surface area contributed by atoms with Crippen molar-refractivity contribution in [2.75, 3.05) is 38.7 Å². The fourth-order valence-corrected chi connectivity index (χ4v) is 5.93. The Balaban J connectivity index is 1.41. The van der Waals surface area contributed by atoms with Gasteiger partial charge in [0.15, 0.2) is 0 Å². The van der Waals surface area contributed by atoms with E-state index in [4.69, 9.17) is 9.47 Å². The normalized spacial score (nSPS) is 20.8. The number of amides is 2. The van der Waals surface area contributed by atoms with E-state index in [0.717, 1.165) is 12.8 Å². The zero-order valence-electron chi connectivity index (χ0n) is 19.7. The highest BCUT2D eigenvalue weighted by Crippen LogP contribution is 2.26. The van der Waals surface area contributed by atoms with Crippen molar-refractivity contribution in [3.8, 4) is 5.75 Å². The summed E-state index contributed by atoms with van der Waals surface area (Å²) in [4.78, 5) is 26.0. The van der Waals surface area contributed by atoms with Gasteiger partial charge in [0.1, 0.15) is 5.75 Å². The summed E-state index contributed by atoms with van der Waals surface area (Å²) in [5, 5.41) is 5.72. The quantitative estimate of drug-likeness (QED) is 0.575. The lowest BCUT2D eigenvalue weighted by atomic mass is 9.98. The maximum absolute atomic E-state index is 13.1. The van der Waals surface area contributed by atoms with E-state index in [-0.39, 0.29) is 29.4 Å². The highest BCUT2D eigenvalue weighted by molar-refractivity contribution is 7.89. The van der Waals surface area contributed by atoms with Crippen LogP contribution in [-0.4, -0.2) is 64.0 Å². The minimum Gasteiger partial charge on any atom is -0.497 e. The van der Waals surface area contributed by atoms with E-state index in [1.54, 1.807) is 36.4 Å². The molecule has 0 bridgehead atoms. The Morgan fingerprint density at radius 1 is 1.09 bits per heavy atom. The van der Waals surface area contributed by atoms with Crippen molar-refractivity contribution in [2.45, 2.75) is 36.7 Å². The number of anilines is 1. The van der Waals surface area contributed by atoms with Crippen molar-refractivity contribution in [3.05, 3.63) is 54.1 Å². The highest BCUT2D eigenvalue weighted by Gasteiger charge is 2.33. The van der Waals surface area contributed by atoms with E-state index in [1.165, 1.54) is 23.5 Å². The second-order valence-corrected chi connectivity index (χ2v) is 10.7. The van der Waals surface area contributed by atoms with Gasteiger partial charge in [-0.05, 0) is 62.1 Å². The molecule has 35 heavy (non-hydrogen) atoms. The molecule has 0 aliphatic carbocycles. The fourth-order valence-electron chi connectivity index (χ4n) is 4.40. The van der Waals surface area contributed by atoms with Crippen LogP contribution in [0, 0.1) is 5.92 Å². The summed E-state index contributed by atoms with van der Waals surface area (Å²) in [6.07, 6.45) is 3.04. The van der Waals surface area contributed by atoms with Gasteiger partial charge in [0.2, 0.25) is 15.9 Å². The van der Waals surface area contributed by atoms with Crippen molar-refractivity contribution in [1.82, 2.24) is 9.62 Å². The second kappa shape index (κ2) is 11.2. The molecule has 2 aromatic carbocycles. The maximum atomic E-state index is 13.1. The number of ether oxygens (including phenoxy) is 2. The van der Waals surface area contributed by atoms with Gasteiger partial charge < -0.3 is 20.1 Å². The molecule has 2 aromatic rings. The van der Waals surface area contributed by atoms with Crippen LogP contribution in [0.3, 0.4) is 0 Å². The summed E-state index contributed by atoms with van der Waals surface area (Å²) in [6, 6.07) is 13.0. The molecule has 2 aliphatic rings. The summed E-state index contributed by atoms with van der Waals surface area (Å²) < 4.78 is 38.3. The van der Waals surface area contributed by atoms with Crippen molar-refractivity contribution in [2.24, 2.45) is 5.92 Å². The number of hydrogen-bond acceptors (Lipinski definition) is 6. The third-order valence-corrected chi connectivity index (χ3v) is 8.28. The maximum Gasteiger partial charge on any atom is 0.253 e. The van der Waals surface area contributed by atoms with Crippen LogP contribution in [0.1, 0.15) is 36.0 Å². The van der Waals surface area contributed by atoms with Crippen molar-refractivity contribution in [3.63, 3.8) is 0 Å². The smallest absolute Gasteiger partial charge is 0.253 e. The topological polar surface area (TPSA) is 114 Å². The van der Waals surface area contributed by atoms with Crippen LogP contribution in [-0.2, 0) is 19.6 Å². The number of para-hydroxylation sites is 1. The summed E-state index contributed by atoms with van der Waals surface area (Å²) >= 11 is 0. The molecule has 9 nitrogen and oxygen atoms in total. The van der Waals surface area contributed by atoms with Gasteiger partial charge in [-0.2, -0.15) is 4.31 Å². The Bertz CT molecular complexity index is 1150. The largest absolute Gasteiger partial charge is 0.497 e. The molecule has 0 radical (unpaired) electrons. The molecule has 2 amide bonds. The van der Waals surface area contributed by atoms with Crippen LogP contribution in [0.15, 0.2) is 53.4 Å². The number of carbonyl (C=O) groups excluding carboxylic acids is 2. The Morgan fingerprint density at radius 3 is 2.57 bits per heavy atom. The molecule has 2 aliphatic heterocycles. The van der Waals surface area contributed by atoms with Crippen LogP contribution >= 0.6 is 0 Å². The van der Waals surface area contributed by atoms with Gasteiger partial charge in [-0.25, -0.2) is 8.42 Å². The lowest BCUT2D eigenvalue weighted by molar-refractivity contribution is -0.120. The van der Waals surface area contributed by atoms with Gasteiger partial charge >= 0.3 is 0 Å². The molecule has 0 unspecified atom stereocenters. The predicted molar refractivity (Wildman–Crippen MR) is 131 cm³/mol. The summed E-state index contributed by atoms with van der Waals surface area (Å²) in [5.41, 5.74) is 0.759. The van der Waals surface area contributed by atoms with E-state index in [1.807, 2.05) is 0 Å². The minimum atomic E-state index is -3.74. The molecule has 4 rings (SSSR count). The number of methoxy groups -OCH3 is 1. The zero-order valence-corrected chi connectivity index (χ0v) is 20.6. The van der Waals surface area contributed by atoms with E-state index in [2.05, 4.69) is 10.6 Å². The van der Waals surface area contributed by atoms with E-state index in [0.29, 0.717) is 49.5 Å². The SMILES string of the molecule is COc1ccc(S(=O)(=O)N2CCC[C@@H](C(=O)Nc3ccccc3C(=O)NC[C@H]3CCCO3)C2)cc1. The number of rotatable bonds is 8. The third-order valence-electron chi connectivity index (χ3n) is 6.40. The first-order chi connectivity index (χ1) is 16.9. The van der Waals surface area contributed by atoms with E-state index < -0.39 is 15.9 Å². The average Bonchev–Trinajstić information content (AvgIpc) is 3.41.